The van der Waals surface area contributed by atoms with Gasteiger partial charge in [-0.15, -0.1) is 0 Å². The molecule has 1 N–H and O–H groups in total. The summed E-state index contributed by atoms with van der Waals surface area (Å²) in [6, 6.07) is 2.57. The fraction of sp³-hybridized carbons (Fsp3) is 0.632. The highest BCUT2D eigenvalue weighted by atomic mass is 35.5. The Kier molecular flexibility index (Phi) is 7.98. The molecule has 0 aromatic heterocycles. The number of nitrogens with zero attached hydrogens (tertiary/aromatic N) is 1. The summed E-state index contributed by atoms with van der Waals surface area (Å²) in [7, 11) is -4.10. The van der Waals surface area contributed by atoms with E-state index in [1.807, 2.05) is 0 Å². The van der Waals surface area contributed by atoms with Crippen LogP contribution < -0.4 is 5.32 Å². The number of sulfonamides is 1. The molecule has 164 valence electrons. The van der Waals surface area contributed by atoms with E-state index in [1.54, 1.807) is 0 Å². The Morgan fingerprint density at radius 2 is 1.90 bits per heavy atom. The second kappa shape index (κ2) is 9.66. The number of alkyl halides is 3. The maximum absolute atomic E-state index is 13.0. The summed E-state index contributed by atoms with van der Waals surface area (Å²) in [5, 5.41) is 2.33. The van der Waals surface area contributed by atoms with Crippen molar-refractivity contribution in [2.24, 2.45) is 11.8 Å². The second-order valence-electron chi connectivity index (χ2n) is 7.64. The molecule has 0 atom stereocenters. The zero-order chi connectivity index (χ0) is 21.8. The minimum absolute atomic E-state index is 0.0798. The third kappa shape index (κ3) is 6.33. The van der Waals surface area contributed by atoms with Gasteiger partial charge in [-0.3, -0.25) is 4.79 Å². The predicted molar refractivity (Wildman–Crippen MR) is 105 cm³/mol. The molecule has 5 nitrogen and oxygen atoms in total. The first-order valence-corrected chi connectivity index (χ1v) is 11.4. The molecule has 0 saturated carbocycles. The number of benzene rings is 1. The quantitative estimate of drug-likeness (QED) is 0.624. The predicted octanol–water partition coefficient (Wildman–Crippen LogP) is 4.31. The van der Waals surface area contributed by atoms with Crippen molar-refractivity contribution in [2.75, 3.05) is 19.6 Å². The highest BCUT2D eigenvalue weighted by Gasteiger charge is 2.37. The first kappa shape index (κ1) is 24.0. The molecule has 1 saturated heterocycles. The number of nitrogens with one attached hydrogen (secondary N) is 1. The summed E-state index contributed by atoms with van der Waals surface area (Å²) in [4.78, 5) is 11.8. The van der Waals surface area contributed by atoms with Gasteiger partial charge in [0.15, 0.2) is 0 Å². The Balaban J connectivity index is 1.99. The molecule has 29 heavy (non-hydrogen) atoms. The van der Waals surface area contributed by atoms with Crippen molar-refractivity contribution in [1.82, 2.24) is 9.62 Å². The minimum Gasteiger partial charge on any atom is -0.356 e. The highest BCUT2D eigenvalue weighted by molar-refractivity contribution is 7.89. The van der Waals surface area contributed by atoms with Crippen molar-refractivity contribution in [1.29, 1.82) is 0 Å². The fourth-order valence-corrected chi connectivity index (χ4v) is 4.98. The monoisotopic (exact) mass is 454 g/mol. The van der Waals surface area contributed by atoms with Crippen LogP contribution in [-0.2, 0) is 21.0 Å². The van der Waals surface area contributed by atoms with E-state index in [0.29, 0.717) is 31.4 Å². The van der Waals surface area contributed by atoms with E-state index in [2.05, 4.69) is 19.2 Å². The molecule has 1 heterocycles. The first-order valence-electron chi connectivity index (χ1n) is 9.57. The van der Waals surface area contributed by atoms with Crippen LogP contribution >= 0.6 is 11.6 Å². The van der Waals surface area contributed by atoms with Gasteiger partial charge < -0.3 is 5.32 Å². The van der Waals surface area contributed by atoms with Crippen molar-refractivity contribution < 1.29 is 26.4 Å². The van der Waals surface area contributed by atoms with Crippen LogP contribution in [0.25, 0.3) is 0 Å². The fourth-order valence-electron chi connectivity index (χ4n) is 3.26. The molecule has 1 fully saturated rings. The minimum atomic E-state index is -4.75. The lowest BCUT2D eigenvalue weighted by molar-refractivity contribution is -0.137. The van der Waals surface area contributed by atoms with Crippen LogP contribution in [0.5, 0.6) is 0 Å². The lowest BCUT2D eigenvalue weighted by Crippen LogP contribution is -2.43. The lowest BCUT2D eigenvalue weighted by Gasteiger charge is -2.30. The largest absolute Gasteiger partial charge is 0.417 e. The second-order valence-corrected chi connectivity index (χ2v) is 9.99. The van der Waals surface area contributed by atoms with Gasteiger partial charge in [0.2, 0.25) is 15.9 Å². The molecular formula is C19H26ClF3N2O3S. The van der Waals surface area contributed by atoms with Crippen LogP contribution in [-0.4, -0.2) is 38.3 Å². The number of halogens is 4. The Morgan fingerprint density at radius 1 is 1.28 bits per heavy atom. The van der Waals surface area contributed by atoms with E-state index in [-0.39, 0.29) is 24.9 Å². The zero-order valence-electron chi connectivity index (χ0n) is 16.4. The summed E-state index contributed by atoms with van der Waals surface area (Å²) in [6.45, 7) is 4.96. The maximum atomic E-state index is 13.0. The SMILES string of the molecule is CC(C)CCCNC(=O)C1CCN(S(=O)(=O)c2ccc(Cl)c(C(F)(F)F)c2)CC1. The molecule has 0 spiro atoms. The number of hydrogen-bond acceptors (Lipinski definition) is 3. The first-order chi connectivity index (χ1) is 13.4. The summed E-state index contributed by atoms with van der Waals surface area (Å²) in [5.74, 6) is 0.166. The molecule has 1 aromatic rings. The zero-order valence-corrected chi connectivity index (χ0v) is 18.0. The maximum Gasteiger partial charge on any atom is 0.417 e. The van der Waals surface area contributed by atoms with Gasteiger partial charge in [-0.2, -0.15) is 17.5 Å². The average Bonchev–Trinajstić information content (AvgIpc) is 2.64. The lowest BCUT2D eigenvalue weighted by atomic mass is 9.97. The van der Waals surface area contributed by atoms with Crippen molar-refractivity contribution in [2.45, 2.75) is 50.6 Å². The van der Waals surface area contributed by atoms with E-state index in [1.165, 1.54) is 0 Å². The van der Waals surface area contributed by atoms with Crippen LogP contribution in [0, 0.1) is 11.8 Å². The number of amides is 1. The number of carbonyl (C=O) groups is 1. The van der Waals surface area contributed by atoms with E-state index in [0.717, 1.165) is 29.3 Å². The molecule has 1 aliphatic heterocycles. The van der Waals surface area contributed by atoms with Crippen LogP contribution in [0.3, 0.4) is 0 Å². The molecule has 2 rings (SSSR count). The van der Waals surface area contributed by atoms with Crippen molar-refractivity contribution in [3.63, 3.8) is 0 Å². The van der Waals surface area contributed by atoms with Gasteiger partial charge in [-0.25, -0.2) is 8.42 Å². The van der Waals surface area contributed by atoms with Crippen LogP contribution in [0.15, 0.2) is 23.1 Å². The molecule has 10 heteroatoms. The summed E-state index contributed by atoms with van der Waals surface area (Å²) < 4.78 is 65.7. The van der Waals surface area contributed by atoms with E-state index in [9.17, 15) is 26.4 Å². The summed E-state index contributed by atoms with van der Waals surface area (Å²) in [6.07, 6.45) is -2.19. The Hall–Kier alpha value is -1.32. The molecule has 1 aliphatic rings. The topological polar surface area (TPSA) is 66.5 Å². The molecule has 0 unspecified atom stereocenters. The highest BCUT2D eigenvalue weighted by Crippen LogP contribution is 2.36. The van der Waals surface area contributed by atoms with Gasteiger partial charge in [-0.1, -0.05) is 25.4 Å². The van der Waals surface area contributed by atoms with Gasteiger partial charge in [0.05, 0.1) is 15.5 Å². The third-order valence-electron chi connectivity index (χ3n) is 4.96. The normalized spacial score (nSPS) is 16.9. The van der Waals surface area contributed by atoms with Gasteiger partial charge in [0.1, 0.15) is 0 Å². The molecule has 1 aromatic carbocycles. The average molecular weight is 455 g/mol. The van der Waals surface area contributed by atoms with Gasteiger partial charge in [-0.05, 0) is 49.8 Å². The number of rotatable bonds is 7. The van der Waals surface area contributed by atoms with Crippen LogP contribution in [0.1, 0.15) is 45.1 Å². The Morgan fingerprint density at radius 3 is 2.45 bits per heavy atom. The van der Waals surface area contributed by atoms with Crippen molar-refractivity contribution in [3.8, 4) is 0 Å². The number of hydrogen-bond donors (Lipinski definition) is 1. The molecule has 0 bridgehead atoms. The molecule has 1 amide bonds. The molecular weight excluding hydrogens is 429 g/mol. The van der Waals surface area contributed by atoms with Crippen molar-refractivity contribution in [3.05, 3.63) is 28.8 Å². The number of piperidine rings is 1. The summed E-state index contributed by atoms with van der Waals surface area (Å²) >= 11 is 5.57. The standard InChI is InChI=1S/C19H26ClF3N2O3S/c1-13(2)4-3-9-24-18(26)14-7-10-25(11-8-14)29(27,28)15-5-6-17(20)16(12-15)19(21,22)23/h5-6,12-14H,3-4,7-11H2,1-2H3,(H,24,26). The Labute approximate surface area is 174 Å². The van der Waals surface area contributed by atoms with E-state index >= 15 is 0 Å². The Bertz CT molecular complexity index is 820. The third-order valence-corrected chi connectivity index (χ3v) is 7.19. The smallest absolute Gasteiger partial charge is 0.356 e. The number of carbonyl (C=O) groups excluding carboxylic acids is 1. The van der Waals surface area contributed by atoms with E-state index < -0.39 is 31.7 Å². The van der Waals surface area contributed by atoms with E-state index in [4.69, 9.17) is 11.6 Å². The molecule has 0 aliphatic carbocycles. The van der Waals surface area contributed by atoms with Gasteiger partial charge in [0, 0.05) is 25.6 Å². The van der Waals surface area contributed by atoms with Gasteiger partial charge >= 0.3 is 6.18 Å². The summed E-state index contributed by atoms with van der Waals surface area (Å²) in [5.41, 5.74) is -1.18. The van der Waals surface area contributed by atoms with Crippen LogP contribution in [0.2, 0.25) is 5.02 Å². The van der Waals surface area contributed by atoms with Crippen LogP contribution in [0.4, 0.5) is 13.2 Å². The molecule has 0 radical (unpaired) electrons. The van der Waals surface area contributed by atoms with Gasteiger partial charge in [0.25, 0.3) is 0 Å². The van der Waals surface area contributed by atoms with Crippen molar-refractivity contribution >= 4 is 27.5 Å².